The molecule has 0 aromatic heterocycles. The van der Waals surface area contributed by atoms with Crippen molar-refractivity contribution in [1.29, 1.82) is 0 Å². The molecule has 17 heavy (non-hydrogen) atoms. The monoisotopic (exact) mass is 242 g/mol. The van der Waals surface area contributed by atoms with Crippen molar-refractivity contribution in [3.63, 3.8) is 0 Å². The first kappa shape index (κ1) is 14.0. The van der Waals surface area contributed by atoms with Gasteiger partial charge in [-0.1, -0.05) is 0 Å². The van der Waals surface area contributed by atoms with Gasteiger partial charge in [-0.05, 0) is 40.3 Å². The molecule has 1 rings (SSSR count). The van der Waals surface area contributed by atoms with Crippen LogP contribution in [0.3, 0.4) is 0 Å². The van der Waals surface area contributed by atoms with Crippen LogP contribution in [0.15, 0.2) is 0 Å². The van der Waals surface area contributed by atoms with E-state index in [2.05, 4.69) is 4.90 Å². The minimum atomic E-state index is -1.06. The van der Waals surface area contributed by atoms with Crippen molar-refractivity contribution in [2.75, 3.05) is 27.7 Å². The molecule has 5 nitrogen and oxygen atoms in total. The van der Waals surface area contributed by atoms with E-state index < -0.39 is 11.9 Å². The van der Waals surface area contributed by atoms with Crippen molar-refractivity contribution >= 4 is 11.9 Å². The second-order valence-corrected chi connectivity index (χ2v) is 5.23. The van der Waals surface area contributed by atoms with Gasteiger partial charge >= 0.3 is 5.97 Å². The first-order valence-corrected chi connectivity index (χ1v) is 5.95. The van der Waals surface area contributed by atoms with E-state index >= 15 is 0 Å². The number of nitrogens with zero attached hydrogens (tertiary/aromatic N) is 2. The minimum Gasteiger partial charge on any atom is -0.481 e. The number of carbonyl (C=O) groups is 2. The first-order valence-electron chi connectivity index (χ1n) is 5.95. The highest BCUT2D eigenvalue weighted by Crippen LogP contribution is 2.36. The van der Waals surface area contributed by atoms with Gasteiger partial charge in [-0.25, -0.2) is 0 Å². The first-order chi connectivity index (χ1) is 7.80. The predicted octanol–water partition coefficient (Wildman–Crippen LogP) is 0.650. The van der Waals surface area contributed by atoms with Crippen molar-refractivity contribution in [2.24, 2.45) is 5.92 Å². The Morgan fingerprint density at radius 1 is 1.29 bits per heavy atom. The number of rotatable bonds is 5. The van der Waals surface area contributed by atoms with Crippen LogP contribution in [-0.4, -0.2) is 60.0 Å². The van der Waals surface area contributed by atoms with Gasteiger partial charge < -0.3 is 14.9 Å². The molecule has 1 unspecified atom stereocenters. The molecule has 0 saturated heterocycles. The Morgan fingerprint density at radius 2 is 1.82 bits per heavy atom. The van der Waals surface area contributed by atoms with Gasteiger partial charge in [0.25, 0.3) is 0 Å². The fraction of sp³-hybridized carbons (Fsp3) is 0.833. The molecule has 0 spiro atoms. The van der Waals surface area contributed by atoms with Gasteiger partial charge in [-0.3, -0.25) is 9.59 Å². The summed E-state index contributed by atoms with van der Waals surface area (Å²) in [6.07, 6.45) is 3.31. The van der Waals surface area contributed by atoms with Crippen LogP contribution in [0.2, 0.25) is 0 Å². The summed E-state index contributed by atoms with van der Waals surface area (Å²) in [7, 11) is 5.71. The van der Waals surface area contributed by atoms with E-state index in [9.17, 15) is 9.59 Å². The number of carboxylic acid groups (broad SMARTS) is 1. The van der Waals surface area contributed by atoms with Crippen molar-refractivity contribution in [3.8, 4) is 0 Å². The van der Waals surface area contributed by atoms with Crippen molar-refractivity contribution in [3.05, 3.63) is 0 Å². The van der Waals surface area contributed by atoms with Gasteiger partial charge in [0.15, 0.2) is 0 Å². The van der Waals surface area contributed by atoms with E-state index in [1.165, 1.54) is 13.3 Å². The van der Waals surface area contributed by atoms with E-state index in [4.69, 9.17) is 5.11 Å². The largest absolute Gasteiger partial charge is 0.481 e. The maximum absolute atomic E-state index is 11.9. The van der Waals surface area contributed by atoms with Crippen LogP contribution < -0.4 is 0 Å². The van der Waals surface area contributed by atoms with Crippen LogP contribution in [0, 0.1) is 5.92 Å². The summed E-state index contributed by atoms with van der Waals surface area (Å²) in [5.74, 6) is -2.33. The molecular formula is C12H22N2O3. The Morgan fingerprint density at radius 3 is 2.12 bits per heavy atom. The molecule has 1 N–H and O–H groups in total. The molecule has 0 bridgehead atoms. The fourth-order valence-corrected chi connectivity index (χ4v) is 2.29. The highest BCUT2D eigenvalue weighted by Gasteiger charge is 2.41. The molecule has 0 heterocycles. The van der Waals surface area contributed by atoms with Crippen LogP contribution in [-0.2, 0) is 9.59 Å². The SMILES string of the molecule is CC(C(=O)O)C(=O)N(C)CC1(N(C)C)CCC1. The summed E-state index contributed by atoms with van der Waals surface area (Å²) in [6.45, 7) is 2.04. The summed E-state index contributed by atoms with van der Waals surface area (Å²) in [4.78, 5) is 26.3. The number of hydrogen-bond acceptors (Lipinski definition) is 3. The van der Waals surface area contributed by atoms with Crippen LogP contribution in [0.5, 0.6) is 0 Å². The van der Waals surface area contributed by atoms with E-state index in [1.807, 2.05) is 14.1 Å². The highest BCUT2D eigenvalue weighted by atomic mass is 16.4. The molecular weight excluding hydrogens is 220 g/mol. The van der Waals surface area contributed by atoms with Crippen molar-refractivity contribution in [1.82, 2.24) is 9.80 Å². The second kappa shape index (κ2) is 5.04. The van der Waals surface area contributed by atoms with E-state index in [-0.39, 0.29) is 11.4 Å². The van der Waals surface area contributed by atoms with Gasteiger partial charge in [0.2, 0.25) is 5.91 Å². The van der Waals surface area contributed by atoms with Crippen LogP contribution >= 0.6 is 0 Å². The maximum Gasteiger partial charge on any atom is 0.315 e. The molecule has 5 heteroatoms. The number of likely N-dealkylation sites (N-methyl/N-ethyl adjacent to an activating group) is 2. The number of carboxylic acids is 1. The fourth-order valence-electron chi connectivity index (χ4n) is 2.29. The second-order valence-electron chi connectivity index (χ2n) is 5.23. The zero-order valence-corrected chi connectivity index (χ0v) is 11.1. The van der Waals surface area contributed by atoms with E-state index in [1.54, 1.807) is 11.9 Å². The molecule has 0 radical (unpaired) electrons. The molecule has 1 amide bonds. The van der Waals surface area contributed by atoms with Gasteiger partial charge in [0.1, 0.15) is 5.92 Å². The molecule has 1 aliphatic rings. The third-order valence-electron chi connectivity index (χ3n) is 3.88. The normalized spacial score (nSPS) is 19.6. The number of carbonyl (C=O) groups excluding carboxylic acids is 1. The Kier molecular flexibility index (Phi) is 4.14. The summed E-state index contributed by atoms with van der Waals surface area (Å²) in [6, 6.07) is 0. The number of aliphatic carboxylic acids is 1. The lowest BCUT2D eigenvalue weighted by Gasteiger charge is -2.49. The Hall–Kier alpha value is -1.10. The average Bonchev–Trinajstić information content (AvgIpc) is 2.20. The third kappa shape index (κ3) is 2.77. The van der Waals surface area contributed by atoms with E-state index in [0.29, 0.717) is 6.54 Å². The van der Waals surface area contributed by atoms with Crippen molar-refractivity contribution in [2.45, 2.75) is 31.7 Å². The predicted molar refractivity (Wildman–Crippen MR) is 64.7 cm³/mol. The molecule has 0 aromatic carbocycles. The summed E-state index contributed by atoms with van der Waals surface area (Å²) < 4.78 is 0. The Balaban J connectivity index is 2.62. The molecule has 1 fully saturated rings. The van der Waals surface area contributed by atoms with Gasteiger partial charge in [-0.15, -0.1) is 0 Å². The smallest absolute Gasteiger partial charge is 0.315 e. The zero-order valence-electron chi connectivity index (χ0n) is 11.1. The highest BCUT2D eigenvalue weighted by molar-refractivity contribution is 5.96. The Bertz CT molecular complexity index is 311. The van der Waals surface area contributed by atoms with Crippen LogP contribution in [0.1, 0.15) is 26.2 Å². The molecule has 1 aliphatic carbocycles. The van der Waals surface area contributed by atoms with Gasteiger partial charge in [0.05, 0.1) is 0 Å². The lowest BCUT2D eigenvalue weighted by Crippen LogP contribution is -2.58. The minimum absolute atomic E-state index is 0.0443. The van der Waals surface area contributed by atoms with Gasteiger partial charge in [0, 0.05) is 19.1 Å². The van der Waals surface area contributed by atoms with Crippen LogP contribution in [0.4, 0.5) is 0 Å². The standard InChI is InChI=1S/C12H22N2O3/c1-9(11(16)17)10(15)14(4)8-12(13(2)3)6-5-7-12/h9H,5-8H2,1-4H3,(H,16,17). The number of hydrogen-bond donors (Lipinski definition) is 1. The third-order valence-corrected chi connectivity index (χ3v) is 3.88. The molecule has 0 aromatic rings. The zero-order chi connectivity index (χ0) is 13.2. The van der Waals surface area contributed by atoms with Gasteiger partial charge in [-0.2, -0.15) is 0 Å². The summed E-state index contributed by atoms with van der Waals surface area (Å²) >= 11 is 0. The maximum atomic E-state index is 11.9. The number of amides is 1. The molecule has 0 aliphatic heterocycles. The average molecular weight is 242 g/mol. The molecule has 1 saturated carbocycles. The van der Waals surface area contributed by atoms with Crippen molar-refractivity contribution < 1.29 is 14.7 Å². The summed E-state index contributed by atoms with van der Waals surface area (Å²) in [5.41, 5.74) is 0.0443. The topological polar surface area (TPSA) is 60.9 Å². The van der Waals surface area contributed by atoms with E-state index in [0.717, 1.165) is 12.8 Å². The molecule has 98 valence electrons. The quantitative estimate of drug-likeness (QED) is 0.719. The lowest BCUT2D eigenvalue weighted by atomic mass is 9.75. The van der Waals surface area contributed by atoms with Crippen LogP contribution in [0.25, 0.3) is 0 Å². The lowest BCUT2D eigenvalue weighted by molar-refractivity contribution is -0.150. The summed E-state index contributed by atoms with van der Waals surface area (Å²) in [5, 5.41) is 8.82. The molecule has 1 atom stereocenters. The Labute approximate surface area is 102 Å².